The molecule has 0 amide bonds. The quantitative estimate of drug-likeness (QED) is 0.596. The molecule has 1 aliphatic carbocycles. The third-order valence-electron chi connectivity index (χ3n) is 3.44. The molecule has 1 aliphatic rings. The Balaban J connectivity index is 2.56. The van der Waals surface area contributed by atoms with Crippen LogP contribution in [-0.2, 0) is 0 Å². The van der Waals surface area contributed by atoms with Gasteiger partial charge in [0, 0.05) is 0 Å². The molecule has 0 spiro atoms. The highest BCUT2D eigenvalue weighted by molar-refractivity contribution is 5.24. The van der Waals surface area contributed by atoms with Gasteiger partial charge in [-0.3, -0.25) is 0 Å². The Bertz CT molecular complexity index is 241. The smallest absolute Gasteiger partial charge is 0.0266 e. The van der Waals surface area contributed by atoms with E-state index in [0.717, 1.165) is 0 Å². The maximum atomic E-state index is 2.37. The minimum Gasteiger partial charge on any atom is -0.0702 e. The Morgan fingerprint density at radius 1 is 1.07 bits per heavy atom. The van der Waals surface area contributed by atoms with Crippen molar-refractivity contribution < 1.29 is 0 Å². The van der Waals surface area contributed by atoms with Crippen LogP contribution in [0.25, 0.3) is 0 Å². The molecule has 1 rings (SSSR count). The largest absolute Gasteiger partial charge is 0.0702 e. The lowest BCUT2D eigenvalue weighted by atomic mass is 9.80. The first-order valence-electron chi connectivity index (χ1n) is 5.95. The van der Waals surface area contributed by atoms with E-state index in [1.807, 2.05) is 0 Å². The molecule has 0 N–H and O–H groups in total. The Morgan fingerprint density at radius 3 is 2.07 bits per heavy atom. The van der Waals surface area contributed by atoms with Crippen molar-refractivity contribution in [2.24, 2.45) is 5.41 Å². The summed E-state index contributed by atoms with van der Waals surface area (Å²) < 4.78 is 0. The van der Waals surface area contributed by atoms with Gasteiger partial charge in [-0.05, 0) is 31.1 Å². The van der Waals surface area contributed by atoms with Gasteiger partial charge in [0.15, 0.2) is 0 Å². The van der Waals surface area contributed by atoms with Gasteiger partial charge in [-0.25, -0.2) is 0 Å². The third kappa shape index (κ3) is 3.32. The average molecular weight is 192 g/mol. The van der Waals surface area contributed by atoms with E-state index in [4.69, 9.17) is 0 Å². The zero-order valence-electron chi connectivity index (χ0n) is 10.2. The maximum absolute atomic E-state index is 2.37. The molecule has 0 nitrogen and oxygen atoms in total. The molecule has 0 saturated carbocycles. The van der Waals surface area contributed by atoms with Crippen LogP contribution in [0.15, 0.2) is 23.3 Å². The van der Waals surface area contributed by atoms with Gasteiger partial charge >= 0.3 is 0 Å². The van der Waals surface area contributed by atoms with Crippen LogP contribution in [0.5, 0.6) is 0 Å². The van der Waals surface area contributed by atoms with E-state index in [1.54, 1.807) is 11.1 Å². The normalized spacial score (nSPS) is 17.7. The molecule has 0 bridgehead atoms. The molecule has 0 aromatic heterocycles. The topological polar surface area (TPSA) is 0 Å². The van der Waals surface area contributed by atoms with E-state index >= 15 is 0 Å². The van der Waals surface area contributed by atoms with Crippen molar-refractivity contribution in [1.29, 1.82) is 0 Å². The zero-order valence-corrected chi connectivity index (χ0v) is 10.2. The van der Waals surface area contributed by atoms with Crippen molar-refractivity contribution in [1.82, 2.24) is 0 Å². The second kappa shape index (κ2) is 4.82. The number of allylic oxidation sites excluding steroid dienone is 4. The predicted molar refractivity (Wildman–Crippen MR) is 64.4 cm³/mol. The van der Waals surface area contributed by atoms with E-state index in [1.165, 1.54) is 32.1 Å². The molecule has 0 aromatic carbocycles. The van der Waals surface area contributed by atoms with Crippen LogP contribution in [0.1, 0.15) is 59.8 Å². The van der Waals surface area contributed by atoms with Crippen molar-refractivity contribution in [3.8, 4) is 0 Å². The van der Waals surface area contributed by atoms with Crippen LogP contribution >= 0.6 is 0 Å². The Hall–Kier alpha value is -0.520. The first-order chi connectivity index (χ1) is 6.57. The molecule has 0 radical (unpaired) electrons. The average Bonchev–Trinajstić information content (AvgIpc) is 2.19. The standard InChI is InChI=1S/C14H24/c1-5-12-7-9-13(10-8-12)11-14(3,4)6-2/h7,9H,5-6,8,10-11H2,1-4H3. The number of hydrogen-bond donors (Lipinski definition) is 0. The Kier molecular flexibility index (Phi) is 3.97. The van der Waals surface area contributed by atoms with E-state index in [0.29, 0.717) is 5.41 Å². The van der Waals surface area contributed by atoms with Gasteiger partial charge in [0.2, 0.25) is 0 Å². The van der Waals surface area contributed by atoms with Gasteiger partial charge < -0.3 is 0 Å². The molecule has 0 unspecified atom stereocenters. The minimum absolute atomic E-state index is 0.489. The lowest BCUT2D eigenvalue weighted by molar-refractivity contribution is 0.344. The summed E-state index contributed by atoms with van der Waals surface area (Å²) in [6, 6.07) is 0. The summed E-state index contributed by atoms with van der Waals surface area (Å²) in [5, 5.41) is 0. The fourth-order valence-electron chi connectivity index (χ4n) is 1.91. The molecule has 0 heteroatoms. The van der Waals surface area contributed by atoms with Gasteiger partial charge in [-0.1, -0.05) is 57.4 Å². The monoisotopic (exact) mass is 192 g/mol. The van der Waals surface area contributed by atoms with E-state index < -0.39 is 0 Å². The van der Waals surface area contributed by atoms with Crippen LogP contribution in [0.2, 0.25) is 0 Å². The molecule has 0 heterocycles. The summed E-state index contributed by atoms with van der Waals surface area (Å²) in [5.74, 6) is 0. The van der Waals surface area contributed by atoms with Gasteiger partial charge in [-0.15, -0.1) is 0 Å². The minimum atomic E-state index is 0.489. The molecule has 0 atom stereocenters. The number of rotatable bonds is 4. The van der Waals surface area contributed by atoms with Crippen LogP contribution < -0.4 is 0 Å². The van der Waals surface area contributed by atoms with Gasteiger partial charge in [0.1, 0.15) is 0 Å². The molecule has 0 aromatic rings. The lowest BCUT2D eigenvalue weighted by Crippen LogP contribution is -2.11. The SMILES string of the molecule is CCC1=CC=C(CC(C)(C)CC)CC1. The summed E-state index contributed by atoms with van der Waals surface area (Å²) in [6.07, 6.45) is 11.1. The zero-order chi connectivity index (χ0) is 10.6. The number of hydrogen-bond acceptors (Lipinski definition) is 0. The highest BCUT2D eigenvalue weighted by Gasteiger charge is 2.17. The lowest BCUT2D eigenvalue weighted by Gasteiger charge is -2.25. The van der Waals surface area contributed by atoms with Crippen LogP contribution in [0.3, 0.4) is 0 Å². The molecular weight excluding hydrogens is 168 g/mol. The summed E-state index contributed by atoms with van der Waals surface area (Å²) >= 11 is 0. The maximum Gasteiger partial charge on any atom is -0.0266 e. The summed E-state index contributed by atoms with van der Waals surface area (Å²) in [7, 11) is 0. The Labute approximate surface area is 89.1 Å². The molecule has 0 saturated heterocycles. The van der Waals surface area contributed by atoms with Crippen molar-refractivity contribution in [2.45, 2.75) is 59.8 Å². The fraction of sp³-hybridized carbons (Fsp3) is 0.714. The van der Waals surface area contributed by atoms with Crippen LogP contribution in [0.4, 0.5) is 0 Å². The van der Waals surface area contributed by atoms with Crippen molar-refractivity contribution in [3.05, 3.63) is 23.3 Å². The third-order valence-corrected chi connectivity index (χ3v) is 3.44. The van der Waals surface area contributed by atoms with E-state index in [9.17, 15) is 0 Å². The summed E-state index contributed by atoms with van der Waals surface area (Å²) in [4.78, 5) is 0. The van der Waals surface area contributed by atoms with E-state index in [-0.39, 0.29) is 0 Å². The molecule has 0 aliphatic heterocycles. The second-order valence-electron chi connectivity index (χ2n) is 5.20. The van der Waals surface area contributed by atoms with Gasteiger partial charge in [0.25, 0.3) is 0 Å². The van der Waals surface area contributed by atoms with Gasteiger partial charge in [-0.2, -0.15) is 0 Å². The second-order valence-corrected chi connectivity index (χ2v) is 5.20. The van der Waals surface area contributed by atoms with Crippen LogP contribution in [-0.4, -0.2) is 0 Å². The molecular formula is C14H24. The van der Waals surface area contributed by atoms with Crippen molar-refractivity contribution in [2.75, 3.05) is 0 Å². The predicted octanol–water partition coefficient (Wildman–Crippen LogP) is 4.87. The molecule has 0 fully saturated rings. The van der Waals surface area contributed by atoms with Crippen LogP contribution in [0, 0.1) is 5.41 Å². The molecule has 80 valence electrons. The molecule has 14 heavy (non-hydrogen) atoms. The summed E-state index contributed by atoms with van der Waals surface area (Å²) in [6.45, 7) is 9.27. The van der Waals surface area contributed by atoms with Gasteiger partial charge in [0.05, 0.1) is 0 Å². The highest BCUT2D eigenvalue weighted by Crippen LogP contribution is 2.33. The Morgan fingerprint density at radius 2 is 1.64 bits per heavy atom. The van der Waals surface area contributed by atoms with E-state index in [2.05, 4.69) is 39.8 Å². The van der Waals surface area contributed by atoms with Crippen molar-refractivity contribution >= 4 is 0 Å². The fourth-order valence-corrected chi connectivity index (χ4v) is 1.91. The first-order valence-corrected chi connectivity index (χ1v) is 5.95. The highest BCUT2D eigenvalue weighted by atomic mass is 14.2. The summed E-state index contributed by atoms with van der Waals surface area (Å²) in [5.41, 5.74) is 3.75. The van der Waals surface area contributed by atoms with Crippen molar-refractivity contribution in [3.63, 3.8) is 0 Å². The first kappa shape index (κ1) is 11.6.